The minimum atomic E-state index is 0.0167. The van der Waals surface area contributed by atoms with E-state index >= 15 is 0 Å². The van der Waals surface area contributed by atoms with Crippen LogP contribution in [-0.2, 0) is 11.3 Å². The maximum Gasteiger partial charge on any atom is 0.226 e. The smallest absolute Gasteiger partial charge is 0.226 e. The molecule has 0 bridgehead atoms. The van der Waals surface area contributed by atoms with Crippen LogP contribution in [0.5, 0.6) is 5.75 Å². The van der Waals surface area contributed by atoms with Crippen LogP contribution in [-0.4, -0.2) is 56.6 Å². The molecule has 5 heterocycles. The lowest BCUT2D eigenvalue weighted by molar-refractivity contribution is -0.137. The lowest BCUT2D eigenvalue weighted by Gasteiger charge is -2.35. The van der Waals surface area contributed by atoms with Crippen LogP contribution >= 0.6 is 11.6 Å². The largest absolute Gasteiger partial charge is 0.491 e. The van der Waals surface area contributed by atoms with Gasteiger partial charge in [0.1, 0.15) is 23.2 Å². The molecule has 150 valence electrons. The second kappa shape index (κ2) is 7.51. The van der Waals surface area contributed by atoms with Crippen LogP contribution in [0, 0.1) is 5.92 Å². The zero-order chi connectivity index (χ0) is 19.8. The van der Waals surface area contributed by atoms with Crippen LogP contribution < -0.4 is 9.64 Å². The second-order valence-electron chi connectivity index (χ2n) is 7.38. The van der Waals surface area contributed by atoms with E-state index in [0.717, 1.165) is 43.1 Å². The number of anilines is 1. The number of carbonyl (C=O) groups is 1. The zero-order valence-electron chi connectivity index (χ0n) is 15.9. The zero-order valence-corrected chi connectivity index (χ0v) is 16.6. The van der Waals surface area contributed by atoms with Crippen LogP contribution in [0.1, 0.15) is 18.4 Å². The number of hydrogen-bond donors (Lipinski definition) is 0. The number of pyridine rings is 1. The molecule has 1 amide bonds. The van der Waals surface area contributed by atoms with Gasteiger partial charge in [-0.15, -0.1) is 0 Å². The fourth-order valence-electron chi connectivity index (χ4n) is 4.12. The molecular formula is C20H21ClN6O2. The number of amides is 1. The minimum Gasteiger partial charge on any atom is -0.491 e. The molecule has 0 N–H and O–H groups in total. The SMILES string of the molecule is O=C(C1CCN(c2ccnc3c(Cl)cnn23)CC1)N1CCOc2ccncc2C1. The highest BCUT2D eigenvalue weighted by atomic mass is 35.5. The molecule has 0 unspecified atom stereocenters. The first kappa shape index (κ1) is 18.2. The van der Waals surface area contributed by atoms with Gasteiger partial charge in [0.25, 0.3) is 0 Å². The molecule has 0 radical (unpaired) electrons. The number of aromatic nitrogens is 4. The minimum absolute atomic E-state index is 0.0167. The average molecular weight is 413 g/mol. The summed E-state index contributed by atoms with van der Waals surface area (Å²) < 4.78 is 7.53. The highest BCUT2D eigenvalue weighted by Gasteiger charge is 2.31. The lowest BCUT2D eigenvalue weighted by atomic mass is 9.95. The number of rotatable bonds is 2. The predicted molar refractivity (Wildman–Crippen MR) is 108 cm³/mol. The van der Waals surface area contributed by atoms with Crippen molar-refractivity contribution in [2.45, 2.75) is 19.4 Å². The first-order chi connectivity index (χ1) is 14.2. The summed E-state index contributed by atoms with van der Waals surface area (Å²) >= 11 is 6.15. The fraction of sp³-hybridized carbons (Fsp3) is 0.400. The van der Waals surface area contributed by atoms with E-state index < -0.39 is 0 Å². The van der Waals surface area contributed by atoms with Gasteiger partial charge in [-0.1, -0.05) is 11.6 Å². The summed E-state index contributed by atoms with van der Waals surface area (Å²) in [5.74, 6) is 2.00. The van der Waals surface area contributed by atoms with Gasteiger partial charge in [-0.2, -0.15) is 9.61 Å². The number of hydrogen-bond acceptors (Lipinski definition) is 6. The van der Waals surface area contributed by atoms with Crippen molar-refractivity contribution in [3.63, 3.8) is 0 Å². The Kier molecular flexibility index (Phi) is 4.71. The summed E-state index contributed by atoms with van der Waals surface area (Å²) in [6, 6.07) is 3.80. The summed E-state index contributed by atoms with van der Waals surface area (Å²) in [5, 5.41) is 4.88. The Hall–Kier alpha value is -2.87. The van der Waals surface area contributed by atoms with Crippen molar-refractivity contribution in [3.8, 4) is 5.75 Å². The maximum atomic E-state index is 13.2. The monoisotopic (exact) mass is 412 g/mol. The fourth-order valence-corrected chi connectivity index (χ4v) is 4.29. The molecule has 0 aliphatic carbocycles. The van der Waals surface area contributed by atoms with Crippen molar-refractivity contribution in [1.82, 2.24) is 24.5 Å². The molecule has 0 aromatic carbocycles. The Bertz CT molecular complexity index is 1050. The summed E-state index contributed by atoms with van der Waals surface area (Å²) in [5.41, 5.74) is 1.62. The molecule has 1 saturated heterocycles. The van der Waals surface area contributed by atoms with Crippen LogP contribution in [0.3, 0.4) is 0 Å². The molecule has 9 heteroatoms. The molecule has 0 atom stereocenters. The van der Waals surface area contributed by atoms with E-state index in [-0.39, 0.29) is 11.8 Å². The van der Waals surface area contributed by atoms with Gasteiger partial charge in [-0.25, -0.2) is 4.98 Å². The molecule has 2 aliphatic rings. The number of halogens is 1. The molecule has 0 spiro atoms. The second-order valence-corrected chi connectivity index (χ2v) is 7.79. The standard InChI is InChI=1S/C20H21ClN6O2/c21-16-12-24-27-18(2-6-23-19(16)27)25-7-3-14(4-8-25)20(28)26-9-10-29-17-1-5-22-11-15(17)13-26/h1-2,5-6,11-12,14H,3-4,7-10,13H2. The summed E-state index contributed by atoms with van der Waals surface area (Å²) in [4.78, 5) is 25.8. The Morgan fingerprint density at radius 3 is 2.86 bits per heavy atom. The van der Waals surface area contributed by atoms with E-state index in [0.29, 0.717) is 30.4 Å². The van der Waals surface area contributed by atoms with Crippen molar-refractivity contribution in [2.75, 3.05) is 31.1 Å². The normalized spacial score (nSPS) is 17.7. The summed E-state index contributed by atoms with van der Waals surface area (Å²) in [7, 11) is 0. The molecule has 29 heavy (non-hydrogen) atoms. The number of ether oxygens (including phenoxy) is 1. The third-order valence-corrected chi connectivity index (χ3v) is 5.92. The number of nitrogens with zero attached hydrogens (tertiary/aromatic N) is 6. The third kappa shape index (κ3) is 3.37. The van der Waals surface area contributed by atoms with Crippen LogP contribution in [0.25, 0.3) is 5.65 Å². The van der Waals surface area contributed by atoms with Gasteiger partial charge in [-0.3, -0.25) is 9.78 Å². The van der Waals surface area contributed by atoms with Gasteiger partial charge >= 0.3 is 0 Å². The van der Waals surface area contributed by atoms with Crippen LogP contribution in [0.15, 0.2) is 36.9 Å². The molecule has 3 aromatic rings. The molecule has 5 rings (SSSR count). The Morgan fingerprint density at radius 2 is 2.00 bits per heavy atom. The molecule has 3 aromatic heterocycles. The Morgan fingerprint density at radius 1 is 1.14 bits per heavy atom. The Balaban J connectivity index is 1.27. The van der Waals surface area contributed by atoms with E-state index in [2.05, 4.69) is 20.0 Å². The van der Waals surface area contributed by atoms with Crippen molar-refractivity contribution < 1.29 is 9.53 Å². The maximum absolute atomic E-state index is 13.2. The predicted octanol–water partition coefficient (Wildman–Crippen LogP) is 2.42. The molecule has 2 aliphatic heterocycles. The van der Waals surface area contributed by atoms with Crippen molar-refractivity contribution in [1.29, 1.82) is 0 Å². The molecule has 1 fully saturated rings. The summed E-state index contributed by atoms with van der Waals surface area (Å²) in [6.07, 6.45) is 8.46. The lowest BCUT2D eigenvalue weighted by Crippen LogP contribution is -2.43. The molecular weight excluding hydrogens is 392 g/mol. The van der Waals surface area contributed by atoms with Crippen LogP contribution in [0.4, 0.5) is 5.82 Å². The van der Waals surface area contributed by atoms with Gasteiger partial charge in [-0.05, 0) is 25.0 Å². The van der Waals surface area contributed by atoms with Crippen molar-refractivity contribution in [3.05, 3.63) is 47.5 Å². The van der Waals surface area contributed by atoms with Crippen molar-refractivity contribution >= 4 is 29.0 Å². The third-order valence-electron chi connectivity index (χ3n) is 5.66. The van der Waals surface area contributed by atoms with Gasteiger partial charge < -0.3 is 14.5 Å². The van der Waals surface area contributed by atoms with Gasteiger partial charge in [0.2, 0.25) is 5.91 Å². The van der Waals surface area contributed by atoms with E-state index in [1.807, 2.05) is 17.0 Å². The summed E-state index contributed by atoms with van der Waals surface area (Å²) in [6.45, 7) is 3.24. The van der Waals surface area contributed by atoms with Gasteiger partial charge in [0, 0.05) is 43.2 Å². The highest BCUT2D eigenvalue weighted by molar-refractivity contribution is 6.33. The van der Waals surface area contributed by atoms with Crippen molar-refractivity contribution in [2.24, 2.45) is 5.92 Å². The molecule has 0 saturated carbocycles. The van der Waals surface area contributed by atoms with E-state index in [4.69, 9.17) is 16.3 Å². The van der Waals surface area contributed by atoms with Gasteiger partial charge in [0.05, 0.1) is 19.3 Å². The van der Waals surface area contributed by atoms with E-state index in [1.165, 1.54) is 0 Å². The quantitative estimate of drug-likeness (QED) is 0.643. The van der Waals surface area contributed by atoms with Crippen LogP contribution in [0.2, 0.25) is 5.02 Å². The molecule has 8 nitrogen and oxygen atoms in total. The average Bonchev–Trinajstić information content (AvgIpc) is 3.01. The van der Waals surface area contributed by atoms with E-state index in [9.17, 15) is 4.79 Å². The number of carbonyl (C=O) groups excluding carboxylic acids is 1. The Labute approximate surface area is 173 Å². The topological polar surface area (TPSA) is 75.9 Å². The number of piperidine rings is 1. The first-order valence-electron chi connectivity index (χ1n) is 9.78. The van der Waals surface area contributed by atoms with Gasteiger partial charge in [0.15, 0.2) is 5.65 Å². The van der Waals surface area contributed by atoms with E-state index in [1.54, 1.807) is 29.3 Å². The number of fused-ring (bicyclic) bond motifs is 2. The highest BCUT2D eigenvalue weighted by Crippen LogP contribution is 2.28. The first-order valence-corrected chi connectivity index (χ1v) is 10.2.